The van der Waals surface area contributed by atoms with E-state index in [4.69, 9.17) is 0 Å². The monoisotopic (exact) mass is 241 g/mol. The van der Waals surface area contributed by atoms with Crippen LogP contribution in [0.2, 0.25) is 0 Å². The highest BCUT2D eigenvalue weighted by Gasteiger charge is 2.16. The van der Waals surface area contributed by atoms with Crippen molar-refractivity contribution in [3.8, 4) is 11.1 Å². The van der Waals surface area contributed by atoms with Crippen molar-refractivity contribution in [3.63, 3.8) is 0 Å². The minimum atomic E-state index is -0.318. The van der Waals surface area contributed by atoms with Gasteiger partial charge in [0, 0.05) is 6.07 Å². The molecule has 0 aromatic heterocycles. The molecule has 0 saturated carbocycles. The smallest absolute Gasteiger partial charge is 0.258 e. The lowest BCUT2D eigenvalue weighted by atomic mass is 9.96. The second-order valence-corrected chi connectivity index (χ2v) is 4.60. The third-order valence-electron chi connectivity index (χ3n) is 3.02. The van der Waals surface area contributed by atoms with E-state index in [1.807, 2.05) is 51.1 Å². The Morgan fingerprint density at radius 1 is 0.889 bits per heavy atom. The summed E-state index contributed by atoms with van der Waals surface area (Å²) in [5.74, 6) is 0. The molecule has 0 amide bonds. The van der Waals surface area contributed by atoms with E-state index in [0.717, 1.165) is 22.3 Å². The van der Waals surface area contributed by atoms with E-state index in [2.05, 4.69) is 0 Å². The van der Waals surface area contributed by atoms with Gasteiger partial charge >= 0.3 is 0 Å². The van der Waals surface area contributed by atoms with E-state index in [-0.39, 0.29) is 10.6 Å². The first-order chi connectivity index (χ1) is 8.49. The van der Waals surface area contributed by atoms with Gasteiger partial charge < -0.3 is 0 Å². The van der Waals surface area contributed by atoms with Gasteiger partial charge in [0.2, 0.25) is 0 Å². The number of nitro benzene ring substituents is 1. The molecule has 0 saturated heterocycles. The van der Waals surface area contributed by atoms with Crippen molar-refractivity contribution in [1.29, 1.82) is 0 Å². The minimum Gasteiger partial charge on any atom is -0.258 e. The Kier molecular flexibility index (Phi) is 3.15. The van der Waals surface area contributed by atoms with Crippen LogP contribution in [0.3, 0.4) is 0 Å². The Hall–Kier alpha value is -2.16. The molecule has 0 radical (unpaired) electrons. The lowest BCUT2D eigenvalue weighted by molar-refractivity contribution is -0.384. The molecule has 0 aliphatic heterocycles. The molecule has 0 bridgehead atoms. The van der Waals surface area contributed by atoms with Crippen LogP contribution in [0.1, 0.15) is 16.7 Å². The zero-order valence-electron chi connectivity index (χ0n) is 10.7. The summed E-state index contributed by atoms with van der Waals surface area (Å²) in [6.45, 7) is 5.85. The maximum atomic E-state index is 11.1. The Balaban J connectivity index is 2.67. The number of hydrogen-bond donors (Lipinski definition) is 0. The highest BCUT2D eigenvalue weighted by Crippen LogP contribution is 2.33. The Morgan fingerprint density at radius 3 is 2.00 bits per heavy atom. The lowest BCUT2D eigenvalue weighted by Gasteiger charge is -2.08. The van der Waals surface area contributed by atoms with E-state index in [1.54, 1.807) is 6.07 Å². The van der Waals surface area contributed by atoms with E-state index in [1.165, 1.54) is 0 Å². The van der Waals surface area contributed by atoms with Crippen molar-refractivity contribution in [1.82, 2.24) is 0 Å². The van der Waals surface area contributed by atoms with Crippen LogP contribution in [0, 0.1) is 30.9 Å². The summed E-state index contributed by atoms with van der Waals surface area (Å²) in [5.41, 5.74) is 4.89. The molecule has 2 rings (SSSR count). The molecule has 2 aromatic carbocycles. The van der Waals surface area contributed by atoms with Crippen LogP contribution in [0.4, 0.5) is 5.69 Å². The fourth-order valence-electron chi connectivity index (χ4n) is 2.14. The Labute approximate surface area is 106 Å². The van der Waals surface area contributed by atoms with Gasteiger partial charge in [-0.1, -0.05) is 29.8 Å². The van der Waals surface area contributed by atoms with Gasteiger partial charge in [-0.25, -0.2) is 0 Å². The van der Waals surface area contributed by atoms with Crippen LogP contribution < -0.4 is 0 Å². The molecule has 0 atom stereocenters. The van der Waals surface area contributed by atoms with Crippen molar-refractivity contribution in [2.75, 3.05) is 0 Å². The number of aryl methyl sites for hydroxylation is 3. The topological polar surface area (TPSA) is 43.1 Å². The highest BCUT2D eigenvalue weighted by molar-refractivity contribution is 5.76. The summed E-state index contributed by atoms with van der Waals surface area (Å²) in [7, 11) is 0. The molecule has 0 fully saturated rings. The summed E-state index contributed by atoms with van der Waals surface area (Å²) in [5, 5.41) is 11.1. The molecule has 2 aromatic rings. The number of nitrogens with zero attached hydrogens (tertiary/aromatic N) is 1. The standard InChI is InChI=1S/C15H15NO2/c1-10-4-6-13(12(3)8-10)14-7-5-11(2)9-15(14)16(17)18/h4-9H,1-3H3. The fourth-order valence-corrected chi connectivity index (χ4v) is 2.14. The van der Waals surface area contributed by atoms with Crippen LogP contribution in [-0.2, 0) is 0 Å². The summed E-state index contributed by atoms with van der Waals surface area (Å²) in [6.07, 6.45) is 0. The maximum absolute atomic E-state index is 11.1. The number of hydrogen-bond acceptors (Lipinski definition) is 2. The van der Waals surface area contributed by atoms with Crippen molar-refractivity contribution >= 4 is 5.69 Å². The van der Waals surface area contributed by atoms with Gasteiger partial charge in [0.1, 0.15) is 0 Å². The summed E-state index contributed by atoms with van der Waals surface area (Å²) in [4.78, 5) is 10.8. The molecular formula is C15H15NO2. The molecule has 92 valence electrons. The van der Waals surface area contributed by atoms with E-state index in [9.17, 15) is 10.1 Å². The molecule has 0 spiro atoms. The van der Waals surface area contributed by atoms with E-state index in [0.29, 0.717) is 5.56 Å². The molecule has 0 aliphatic carbocycles. The first-order valence-electron chi connectivity index (χ1n) is 5.81. The van der Waals surface area contributed by atoms with Crippen LogP contribution in [0.25, 0.3) is 11.1 Å². The van der Waals surface area contributed by atoms with Gasteiger partial charge in [-0.05, 0) is 43.5 Å². The van der Waals surface area contributed by atoms with Crippen LogP contribution >= 0.6 is 0 Å². The number of rotatable bonds is 2. The van der Waals surface area contributed by atoms with Gasteiger partial charge in [0.25, 0.3) is 5.69 Å². The number of nitro groups is 1. The predicted molar refractivity (Wildman–Crippen MR) is 72.7 cm³/mol. The zero-order valence-corrected chi connectivity index (χ0v) is 10.7. The second kappa shape index (κ2) is 4.61. The van der Waals surface area contributed by atoms with Crippen LogP contribution in [0.5, 0.6) is 0 Å². The van der Waals surface area contributed by atoms with Crippen molar-refractivity contribution in [2.24, 2.45) is 0 Å². The molecule has 3 heteroatoms. The lowest BCUT2D eigenvalue weighted by Crippen LogP contribution is -1.94. The van der Waals surface area contributed by atoms with Crippen molar-refractivity contribution in [3.05, 3.63) is 63.2 Å². The molecule has 0 unspecified atom stereocenters. The first kappa shape index (κ1) is 12.3. The Bertz CT molecular complexity index is 618. The third kappa shape index (κ3) is 2.25. The van der Waals surface area contributed by atoms with Gasteiger partial charge in [-0.15, -0.1) is 0 Å². The SMILES string of the molecule is Cc1ccc(-c2ccc(C)cc2[N+](=O)[O-])c(C)c1. The average molecular weight is 241 g/mol. The fraction of sp³-hybridized carbons (Fsp3) is 0.200. The molecule has 18 heavy (non-hydrogen) atoms. The summed E-state index contributed by atoms with van der Waals surface area (Å²) in [6, 6.07) is 11.3. The van der Waals surface area contributed by atoms with Crippen LogP contribution in [-0.4, -0.2) is 4.92 Å². The minimum absolute atomic E-state index is 0.168. The Morgan fingerprint density at radius 2 is 1.44 bits per heavy atom. The summed E-state index contributed by atoms with van der Waals surface area (Å²) >= 11 is 0. The van der Waals surface area contributed by atoms with Gasteiger partial charge in [-0.3, -0.25) is 10.1 Å². The molecular weight excluding hydrogens is 226 g/mol. The summed E-state index contributed by atoms with van der Waals surface area (Å²) < 4.78 is 0. The third-order valence-corrected chi connectivity index (χ3v) is 3.02. The zero-order chi connectivity index (χ0) is 13.3. The predicted octanol–water partition coefficient (Wildman–Crippen LogP) is 4.19. The molecule has 0 heterocycles. The van der Waals surface area contributed by atoms with Gasteiger partial charge in [-0.2, -0.15) is 0 Å². The second-order valence-electron chi connectivity index (χ2n) is 4.60. The highest BCUT2D eigenvalue weighted by atomic mass is 16.6. The van der Waals surface area contributed by atoms with Gasteiger partial charge in [0.05, 0.1) is 10.5 Å². The van der Waals surface area contributed by atoms with E-state index >= 15 is 0 Å². The molecule has 0 aliphatic rings. The van der Waals surface area contributed by atoms with Crippen molar-refractivity contribution < 1.29 is 4.92 Å². The first-order valence-corrected chi connectivity index (χ1v) is 5.81. The quantitative estimate of drug-likeness (QED) is 0.584. The maximum Gasteiger partial charge on any atom is 0.277 e. The number of benzene rings is 2. The average Bonchev–Trinajstić information content (AvgIpc) is 2.29. The van der Waals surface area contributed by atoms with Crippen molar-refractivity contribution in [2.45, 2.75) is 20.8 Å². The van der Waals surface area contributed by atoms with Gasteiger partial charge in [0.15, 0.2) is 0 Å². The largest absolute Gasteiger partial charge is 0.277 e. The molecule has 0 N–H and O–H groups in total. The van der Waals surface area contributed by atoms with Crippen LogP contribution in [0.15, 0.2) is 36.4 Å². The van der Waals surface area contributed by atoms with E-state index < -0.39 is 0 Å². The normalized spacial score (nSPS) is 10.4. The molecule has 3 nitrogen and oxygen atoms in total.